The van der Waals surface area contributed by atoms with Crippen LogP contribution in [0.5, 0.6) is 0 Å². The van der Waals surface area contributed by atoms with Crippen LogP contribution in [-0.2, 0) is 4.79 Å². The lowest BCUT2D eigenvalue weighted by Crippen LogP contribution is -2.50. The van der Waals surface area contributed by atoms with Crippen LogP contribution in [0.4, 0.5) is 0 Å². The van der Waals surface area contributed by atoms with Crippen LogP contribution in [0.25, 0.3) is 23.0 Å². The summed E-state index contributed by atoms with van der Waals surface area (Å²) in [6.07, 6.45) is 6.92. The highest BCUT2D eigenvalue weighted by Gasteiger charge is 2.25. The van der Waals surface area contributed by atoms with Crippen molar-refractivity contribution in [3.8, 4) is 11.3 Å². The molecular formula is C27H26N4O3. The highest BCUT2D eigenvalue weighted by Crippen LogP contribution is 2.26. The number of pyridine rings is 1. The fourth-order valence-corrected chi connectivity index (χ4v) is 4.19. The van der Waals surface area contributed by atoms with Gasteiger partial charge in [0, 0.05) is 44.0 Å². The Balaban J connectivity index is 1.35. The van der Waals surface area contributed by atoms with E-state index in [4.69, 9.17) is 9.40 Å². The number of aromatic nitrogens is 2. The third kappa shape index (κ3) is 4.24. The Morgan fingerprint density at radius 2 is 1.68 bits per heavy atom. The second-order valence-electron chi connectivity index (χ2n) is 8.57. The molecule has 0 atom stereocenters. The normalized spacial score (nSPS) is 14.3. The minimum absolute atomic E-state index is 0.0815. The van der Waals surface area contributed by atoms with Gasteiger partial charge < -0.3 is 14.2 Å². The maximum Gasteiger partial charge on any atom is 0.289 e. The first kappa shape index (κ1) is 21.7. The molecule has 0 bridgehead atoms. The van der Waals surface area contributed by atoms with Gasteiger partial charge in [0.15, 0.2) is 5.76 Å². The molecule has 1 aliphatic heterocycles. The molecule has 7 nitrogen and oxygen atoms in total. The van der Waals surface area contributed by atoms with Gasteiger partial charge in [-0.05, 0) is 49.8 Å². The summed E-state index contributed by atoms with van der Waals surface area (Å²) >= 11 is 0. The van der Waals surface area contributed by atoms with Crippen molar-refractivity contribution < 1.29 is 14.0 Å². The van der Waals surface area contributed by atoms with Gasteiger partial charge in [-0.2, -0.15) is 0 Å². The van der Waals surface area contributed by atoms with E-state index >= 15 is 0 Å². The molecule has 1 fully saturated rings. The number of nitrogens with zero attached hydrogens (tertiary/aromatic N) is 4. The number of hydrogen-bond donors (Lipinski definition) is 0. The van der Waals surface area contributed by atoms with Crippen molar-refractivity contribution in [3.63, 3.8) is 0 Å². The molecule has 0 saturated carbocycles. The maximum atomic E-state index is 13.0. The SMILES string of the molecule is Cc1ccc(-c2nc3cc(C)ccn3c2/C=C/C(=O)N2CCN(C(=O)c3ccco3)CC2)cc1. The van der Waals surface area contributed by atoms with Crippen LogP contribution < -0.4 is 0 Å². The zero-order valence-corrected chi connectivity index (χ0v) is 19.3. The predicted molar refractivity (Wildman–Crippen MR) is 130 cm³/mol. The van der Waals surface area contributed by atoms with Crippen molar-refractivity contribution in [2.45, 2.75) is 13.8 Å². The van der Waals surface area contributed by atoms with Crippen LogP contribution in [0.3, 0.4) is 0 Å². The molecule has 1 aliphatic rings. The number of imidazole rings is 1. The number of benzene rings is 1. The Bertz CT molecular complexity index is 1360. The summed E-state index contributed by atoms with van der Waals surface area (Å²) in [5.74, 6) is 0.101. The summed E-state index contributed by atoms with van der Waals surface area (Å²) in [5, 5.41) is 0. The molecule has 34 heavy (non-hydrogen) atoms. The monoisotopic (exact) mass is 454 g/mol. The summed E-state index contributed by atoms with van der Waals surface area (Å²) in [5.41, 5.74) is 5.85. The predicted octanol–water partition coefficient (Wildman–Crippen LogP) is 4.21. The Morgan fingerprint density at radius 3 is 2.38 bits per heavy atom. The number of rotatable bonds is 4. The van der Waals surface area contributed by atoms with E-state index in [-0.39, 0.29) is 11.8 Å². The third-order valence-corrected chi connectivity index (χ3v) is 6.14. The second kappa shape index (κ2) is 9.02. The Labute approximate surface area is 197 Å². The largest absolute Gasteiger partial charge is 0.459 e. The number of hydrogen-bond acceptors (Lipinski definition) is 4. The molecule has 1 aromatic carbocycles. The van der Waals surface area contributed by atoms with Gasteiger partial charge in [-0.3, -0.25) is 14.0 Å². The molecule has 2 amide bonds. The van der Waals surface area contributed by atoms with Gasteiger partial charge in [0.25, 0.3) is 5.91 Å². The number of fused-ring (bicyclic) bond motifs is 1. The molecule has 4 heterocycles. The molecular weight excluding hydrogens is 428 g/mol. The van der Waals surface area contributed by atoms with Crippen molar-refractivity contribution >= 4 is 23.5 Å². The quantitative estimate of drug-likeness (QED) is 0.433. The van der Waals surface area contributed by atoms with Gasteiger partial charge in [-0.15, -0.1) is 0 Å². The van der Waals surface area contributed by atoms with E-state index in [0.29, 0.717) is 31.9 Å². The number of aryl methyl sites for hydroxylation is 2. The van der Waals surface area contributed by atoms with Crippen molar-refractivity contribution in [1.82, 2.24) is 19.2 Å². The molecule has 0 radical (unpaired) electrons. The lowest BCUT2D eigenvalue weighted by Gasteiger charge is -2.33. The summed E-state index contributed by atoms with van der Waals surface area (Å²) in [7, 11) is 0. The molecule has 5 rings (SSSR count). The standard InChI is InChI=1S/C27H26N4O3/c1-19-5-7-21(8-6-19)26-22(31-12-11-20(2)18-24(31)28-26)9-10-25(32)29-13-15-30(16-14-29)27(33)23-4-3-17-34-23/h3-12,17-18H,13-16H2,1-2H3/b10-9+. The van der Waals surface area contributed by atoms with Gasteiger partial charge in [0.2, 0.25) is 5.91 Å². The zero-order valence-electron chi connectivity index (χ0n) is 19.3. The molecule has 0 unspecified atom stereocenters. The first-order valence-electron chi connectivity index (χ1n) is 11.3. The molecule has 172 valence electrons. The number of furan rings is 1. The first-order valence-corrected chi connectivity index (χ1v) is 11.3. The Hall–Kier alpha value is -4.13. The number of carbonyl (C=O) groups is 2. The minimum Gasteiger partial charge on any atom is -0.459 e. The molecule has 3 aromatic heterocycles. The van der Waals surface area contributed by atoms with Crippen LogP contribution in [0.2, 0.25) is 0 Å². The van der Waals surface area contributed by atoms with Crippen LogP contribution in [0.15, 0.2) is 71.5 Å². The molecule has 4 aromatic rings. The summed E-state index contributed by atoms with van der Waals surface area (Å²) in [4.78, 5) is 33.8. The lowest BCUT2D eigenvalue weighted by molar-refractivity contribution is -0.127. The molecule has 0 aliphatic carbocycles. The van der Waals surface area contributed by atoms with E-state index in [1.54, 1.807) is 28.0 Å². The highest BCUT2D eigenvalue weighted by molar-refractivity contribution is 5.94. The van der Waals surface area contributed by atoms with E-state index in [0.717, 1.165) is 28.2 Å². The van der Waals surface area contributed by atoms with Crippen LogP contribution in [-0.4, -0.2) is 57.2 Å². The molecule has 7 heteroatoms. The average molecular weight is 455 g/mol. The number of piperazine rings is 1. The van der Waals surface area contributed by atoms with Gasteiger partial charge in [-0.1, -0.05) is 29.8 Å². The molecule has 0 N–H and O–H groups in total. The highest BCUT2D eigenvalue weighted by atomic mass is 16.3. The smallest absolute Gasteiger partial charge is 0.289 e. The van der Waals surface area contributed by atoms with E-state index in [1.807, 2.05) is 35.7 Å². The van der Waals surface area contributed by atoms with E-state index in [2.05, 4.69) is 31.2 Å². The summed E-state index contributed by atoms with van der Waals surface area (Å²) in [6, 6.07) is 15.7. The van der Waals surface area contributed by atoms with Gasteiger partial charge in [0.1, 0.15) is 5.65 Å². The maximum absolute atomic E-state index is 13.0. The first-order chi connectivity index (χ1) is 16.5. The van der Waals surface area contributed by atoms with Gasteiger partial charge in [0.05, 0.1) is 17.7 Å². The van der Waals surface area contributed by atoms with Gasteiger partial charge >= 0.3 is 0 Å². The van der Waals surface area contributed by atoms with Crippen molar-refractivity contribution in [1.29, 1.82) is 0 Å². The minimum atomic E-state index is -0.142. The number of carbonyl (C=O) groups excluding carboxylic acids is 2. The molecule has 1 saturated heterocycles. The van der Waals surface area contributed by atoms with Crippen molar-refractivity contribution in [3.05, 3.63) is 89.6 Å². The van der Waals surface area contributed by atoms with Crippen LogP contribution >= 0.6 is 0 Å². The summed E-state index contributed by atoms with van der Waals surface area (Å²) < 4.78 is 7.21. The lowest BCUT2D eigenvalue weighted by atomic mass is 10.1. The fraction of sp³-hybridized carbons (Fsp3) is 0.222. The molecule has 0 spiro atoms. The third-order valence-electron chi connectivity index (χ3n) is 6.14. The topological polar surface area (TPSA) is 71.1 Å². The summed E-state index contributed by atoms with van der Waals surface area (Å²) in [6.45, 7) is 6.00. The van der Waals surface area contributed by atoms with E-state index in [9.17, 15) is 9.59 Å². The van der Waals surface area contributed by atoms with Crippen LogP contribution in [0, 0.1) is 13.8 Å². The van der Waals surface area contributed by atoms with Crippen molar-refractivity contribution in [2.75, 3.05) is 26.2 Å². The van der Waals surface area contributed by atoms with Gasteiger partial charge in [-0.25, -0.2) is 4.98 Å². The fourth-order valence-electron chi connectivity index (χ4n) is 4.19. The van der Waals surface area contributed by atoms with E-state index in [1.165, 1.54) is 11.8 Å². The Kier molecular flexibility index (Phi) is 5.76. The zero-order chi connectivity index (χ0) is 23.7. The number of amides is 2. The van der Waals surface area contributed by atoms with Crippen LogP contribution in [0.1, 0.15) is 27.4 Å². The Morgan fingerprint density at radius 1 is 0.941 bits per heavy atom. The second-order valence-corrected chi connectivity index (χ2v) is 8.57. The average Bonchev–Trinajstić information content (AvgIpc) is 3.51. The van der Waals surface area contributed by atoms with Crippen molar-refractivity contribution in [2.24, 2.45) is 0 Å². The van der Waals surface area contributed by atoms with E-state index < -0.39 is 0 Å².